The van der Waals surface area contributed by atoms with Crippen molar-refractivity contribution < 1.29 is 22.8 Å². The summed E-state index contributed by atoms with van der Waals surface area (Å²) >= 11 is 11.8. The van der Waals surface area contributed by atoms with Crippen LogP contribution in [0.5, 0.6) is 0 Å². The number of carbonyl (C=O) groups excluding carboxylic acids is 2. The molecule has 2 aromatic carbocycles. The van der Waals surface area contributed by atoms with Gasteiger partial charge in [0.25, 0.3) is 0 Å². The number of nitrogens with one attached hydrogen (secondary N) is 2. The first-order chi connectivity index (χ1) is 13.6. The normalized spacial score (nSPS) is 11.4. The number of amides is 2. The quantitative estimate of drug-likeness (QED) is 0.633. The highest BCUT2D eigenvalue weighted by molar-refractivity contribution is 6.35. The fourth-order valence-electron chi connectivity index (χ4n) is 2.54. The number of halogens is 5. The first-order valence-corrected chi connectivity index (χ1v) is 9.28. The van der Waals surface area contributed by atoms with Gasteiger partial charge < -0.3 is 10.6 Å². The number of benzene rings is 2. The summed E-state index contributed by atoms with van der Waals surface area (Å²) in [6.45, 7) is 1.65. The van der Waals surface area contributed by atoms with Gasteiger partial charge in [0.2, 0.25) is 11.8 Å². The van der Waals surface area contributed by atoms with Gasteiger partial charge in [-0.05, 0) is 36.9 Å². The molecule has 10 heteroatoms. The van der Waals surface area contributed by atoms with Crippen molar-refractivity contribution in [3.8, 4) is 0 Å². The highest BCUT2D eigenvalue weighted by Crippen LogP contribution is 2.34. The minimum atomic E-state index is -4.59. The maximum absolute atomic E-state index is 13.0. The zero-order valence-corrected chi connectivity index (χ0v) is 16.8. The SMILES string of the molecule is CCN(CC(=O)Nc1cc(Cl)cc(Cl)c1)CC(=O)Nc1ccccc1C(F)(F)F. The van der Waals surface area contributed by atoms with Crippen LogP contribution < -0.4 is 10.6 Å². The average Bonchev–Trinajstić information content (AvgIpc) is 2.59. The van der Waals surface area contributed by atoms with E-state index in [0.29, 0.717) is 22.3 Å². The van der Waals surface area contributed by atoms with Crippen LogP contribution in [0.3, 0.4) is 0 Å². The molecule has 0 heterocycles. The maximum atomic E-state index is 13.0. The lowest BCUT2D eigenvalue weighted by Gasteiger charge is -2.20. The van der Waals surface area contributed by atoms with Gasteiger partial charge in [0.05, 0.1) is 24.3 Å². The Bertz CT molecular complexity index is 871. The predicted octanol–water partition coefficient (Wildman–Crippen LogP) is 4.91. The summed E-state index contributed by atoms with van der Waals surface area (Å²) in [5.74, 6) is -1.09. The Morgan fingerprint density at radius 2 is 1.52 bits per heavy atom. The lowest BCUT2D eigenvalue weighted by atomic mass is 10.1. The molecule has 2 N–H and O–H groups in total. The molecule has 2 rings (SSSR count). The van der Waals surface area contributed by atoms with Crippen LogP contribution in [0, 0.1) is 0 Å². The summed E-state index contributed by atoms with van der Waals surface area (Å²) in [5.41, 5.74) is -0.877. The number of hydrogen-bond donors (Lipinski definition) is 2. The van der Waals surface area contributed by atoms with Gasteiger partial charge in [-0.25, -0.2) is 0 Å². The Kier molecular flexibility index (Phi) is 7.89. The lowest BCUT2D eigenvalue weighted by molar-refractivity contribution is -0.137. The second kappa shape index (κ2) is 9.96. The number of likely N-dealkylation sites (N-methyl/N-ethyl adjacent to an activating group) is 1. The number of nitrogens with zero attached hydrogens (tertiary/aromatic N) is 1. The molecule has 2 aromatic rings. The van der Waals surface area contributed by atoms with E-state index in [-0.39, 0.29) is 18.8 Å². The maximum Gasteiger partial charge on any atom is 0.418 e. The van der Waals surface area contributed by atoms with Gasteiger partial charge in [0.15, 0.2) is 0 Å². The fraction of sp³-hybridized carbons (Fsp3) is 0.263. The third-order valence-corrected chi connectivity index (χ3v) is 4.27. The summed E-state index contributed by atoms with van der Waals surface area (Å²) in [4.78, 5) is 25.9. The third kappa shape index (κ3) is 7.23. The molecule has 0 unspecified atom stereocenters. The zero-order valence-electron chi connectivity index (χ0n) is 15.3. The summed E-state index contributed by atoms with van der Waals surface area (Å²) in [6, 6.07) is 9.24. The molecule has 156 valence electrons. The van der Waals surface area contributed by atoms with E-state index in [2.05, 4.69) is 10.6 Å². The molecule has 0 saturated heterocycles. The van der Waals surface area contributed by atoms with E-state index >= 15 is 0 Å². The lowest BCUT2D eigenvalue weighted by Crippen LogP contribution is -2.38. The van der Waals surface area contributed by atoms with Crippen molar-refractivity contribution >= 4 is 46.4 Å². The average molecular weight is 448 g/mol. The van der Waals surface area contributed by atoms with Crippen LogP contribution in [-0.4, -0.2) is 36.3 Å². The van der Waals surface area contributed by atoms with Gasteiger partial charge in [-0.15, -0.1) is 0 Å². The van der Waals surface area contributed by atoms with Crippen LogP contribution in [0.25, 0.3) is 0 Å². The number of hydrogen-bond acceptors (Lipinski definition) is 3. The van der Waals surface area contributed by atoms with E-state index in [4.69, 9.17) is 23.2 Å². The van der Waals surface area contributed by atoms with Crippen LogP contribution in [0.4, 0.5) is 24.5 Å². The highest BCUT2D eigenvalue weighted by atomic mass is 35.5. The van der Waals surface area contributed by atoms with Crippen molar-refractivity contribution in [3.63, 3.8) is 0 Å². The molecular formula is C19H18Cl2F3N3O2. The van der Waals surface area contributed by atoms with E-state index in [1.807, 2.05) is 0 Å². The van der Waals surface area contributed by atoms with Crippen LogP contribution in [-0.2, 0) is 15.8 Å². The first kappa shape index (κ1) is 23.0. The number of para-hydroxylation sites is 1. The number of anilines is 2. The molecule has 0 saturated carbocycles. The van der Waals surface area contributed by atoms with Crippen molar-refractivity contribution in [1.82, 2.24) is 4.90 Å². The molecule has 0 aliphatic heterocycles. The van der Waals surface area contributed by atoms with E-state index in [0.717, 1.165) is 6.07 Å². The summed E-state index contributed by atoms with van der Waals surface area (Å²) in [7, 11) is 0. The van der Waals surface area contributed by atoms with Crippen molar-refractivity contribution in [2.24, 2.45) is 0 Å². The molecule has 0 spiro atoms. The Morgan fingerprint density at radius 3 is 2.07 bits per heavy atom. The number of alkyl halides is 3. The largest absolute Gasteiger partial charge is 0.418 e. The first-order valence-electron chi connectivity index (χ1n) is 8.53. The van der Waals surface area contributed by atoms with E-state index in [9.17, 15) is 22.8 Å². The van der Waals surface area contributed by atoms with Gasteiger partial charge in [0, 0.05) is 15.7 Å². The molecule has 2 amide bonds. The Balaban J connectivity index is 1.97. The summed E-state index contributed by atoms with van der Waals surface area (Å²) in [6.07, 6.45) is -4.59. The molecule has 0 radical (unpaired) electrons. The standard InChI is InChI=1S/C19H18Cl2F3N3O2/c1-2-27(10-17(28)25-14-8-12(20)7-13(21)9-14)11-18(29)26-16-6-4-3-5-15(16)19(22,23)24/h3-9H,2,10-11H2,1H3,(H,25,28)(H,26,29). The van der Waals surface area contributed by atoms with Crippen molar-refractivity contribution in [2.75, 3.05) is 30.3 Å². The van der Waals surface area contributed by atoms with Crippen molar-refractivity contribution in [1.29, 1.82) is 0 Å². The summed E-state index contributed by atoms with van der Waals surface area (Å²) < 4.78 is 39.1. The van der Waals surface area contributed by atoms with Gasteiger partial charge in [-0.1, -0.05) is 42.3 Å². The zero-order chi connectivity index (χ0) is 21.6. The molecule has 0 fully saturated rings. The van der Waals surface area contributed by atoms with Gasteiger partial charge in [-0.2, -0.15) is 13.2 Å². The van der Waals surface area contributed by atoms with Crippen molar-refractivity contribution in [3.05, 3.63) is 58.1 Å². The van der Waals surface area contributed by atoms with Gasteiger partial charge in [-0.3, -0.25) is 14.5 Å². The molecular weight excluding hydrogens is 430 g/mol. The Hall–Kier alpha value is -2.29. The van der Waals surface area contributed by atoms with Crippen LogP contribution in [0.2, 0.25) is 10.0 Å². The van der Waals surface area contributed by atoms with Crippen molar-refractivity contribution in [2.45, 2.75) is 13.1 Å². The van der Waals surface area contributed by atoms with Gasteiger partial charge >= 0.3 is 6.18 Å². The molecule has 29 heavy (non-hydrogen) atoms. The smallest absolute Gasteiger partial charge is 0.325 e. The second-order valence-corrected chi connectivity index (χ2v) is 6.97. The van der Waals surface area contributed by atoms with Crippen LogP contribution in [0.1, 0.15) is 12.5 Å². The topological polar surface area (TPSA) is 61.4 Å². The highest BCUT2D eigenvalue weighted by Gasteiger charge is 2.33. The number of rotatable bonds is 7. The van der Waals surface area contributed by atoms with Crippen LogP contribution >= 0.6 is 23.2 Å². The third-order valence-electron chi connectivity index (χ3n) is 3.83. The molecule has 5 nitrogen and oxygen atoms in total. The van der Waals surface area contributed by atoms with E-state index in [1.54, 1.807) is 6.92 Å². The Morgan fingerprint density at radius 1 is 0.966 bits per heavy atom. The molecule has 0 aromatic heterocycles. The number of carbonyl (C=O) groups is 2. The Labute approximate surface area is 175 Å². The summed E-state index contributed by atoms with van der Waals surface area (Å²) in [5, 5.41) is 5.56. The van der Waals surface area contributed by atoms with Crippen LogP contribution in [0.15, 0.2) is 42.5 Å². The monoisotopic (exact) mass is 447 g/mol. The molecule has 0 atom stereocenters. The minimum Gasteiger partial charge on any atom is -0.325 e. The van der Waals surface area contributed by atoms with E-state index < -0.39 is 23.6 Å². The second-order valence-electron chi connectivity index (χ2n) is 6.10. The van der Waals surface area contributed by atoms with E-state index in [1.165, 1.54) is 41.3 Å². The predicted molar refractivity (Wildman–Crippen MR) is 107 cm³/mol. The molecule has 0 aliphatic carbocycles. The fourth-order valence-corrected chi connectivity index (χ4v) is 3.07. The van der Waals surface area contributed by atoms with Gasteiger partial charge in [0.1, 0.15) is 0 Å². The molecule has 0 aliphatic rings. The molecule has 0 bridgehead atoms. The minimum absolute atomic E-state index is 0.144.